The average molecular weight is 135 g/mol. The summed E-state index contributed by atoms with van der Waals surface area (Å²) in [5.41, 5.74) is 0. The number of rotatable bonds is 2. The molecule has 1 fully saturated rings. The zero-order valence-electron chi connectivity index (χ0n) is 5.01. The van der Waals surface area contributed by atoms with Crippen molar-refractivity contribution in [3.63, 3.8) is 0 Å². The molecule has 1 aliphatic rings. The van der Waals surface area contributed by atoms with Crippen molar-refractivity contribution < 1.29 is 14.6 Å². The summed E-state index contributed by atoms with van der Waals surface area (Å²) in [6.45, 7) is 0.588. The lowest BCUT2D eigenvalue weighted by atomic mass is 10.2. The fourth-order valence-corrected chi connectivity index (χ4v) is 1.00. The Kier molecular flexibility index (Phi) is 2.38. The van der Waals surface area contributed by atoms with E-state index in [0.29, 0.717) is 13.0 Å². The van der Waals surface area contributed by atoms with E-state index in [2.05, 4.69) is 10.3 Å². The first-order valence-electron chi connectivity index (χ1n) is 2.98. The van der Waals surface area contributed by atoms with Gasteiger partial charge in [0.25, 0.3) is 0 Å². The van der Waals surface area contributed by atoms with Gasteiger partial charge < -0.3 is 10.4 Å². The second kappa shape index (κ2) is 3.10. The van der Waals surface area contributed by atoms with Crippen molar-refractivity contribution in [2.24, 2.45) is 0 Å². The van der Waals surface area contributed by atoms with Gasteiger partial charge in [-0.3, -0.25) is 0 Å². The van der Waals surface area contributed by atoms with Crippen molar-refractivity contribution in [2.75, 3.05) is 13.2 Å². The number of aliphatic hydroxyl groups is 1. The Labute approximate surface area is 52.7 Å². The van der Waals surface area contributed by atoms with Crippen LogP contribution >= 0.6 is 0 Å². The standard InChI is InChI=1S/C5H10FNO2/c6-9-3-4-1-5(8)2-7-4/h4-5,7-8H,1-3H2. The molecule has 1 aliphatic heterocycles. The van der Waals surface area contributed by atoms with Crippen LogP contribution in [0.2, 0.25) is 0 Å². The van der Waals surface area contributed by atoms with E-state index in [1.807, 2.05) is 0 Å². The lowest BCUT2D eigenvalue weighted by Crippen LogP contribution is -2.25. The summed E-state index contributed by atoms with van der Waals surface area (Å²) in [6, 6.07) is -0.00926. The lowest BCUT2D eigenvalue weighted by Gasteiger charge is -2.03. The van der Waals surface area contributed by atoms with Gasteiger partial charge in [0.15, 0.2) is 0 Å². The largest absolute Gasteiger partial charge is 0.392 e. The normalized spacial score (nSPS) is 35.3. The van der Waals surface area contributed by atoms with Gasteiger partial charge in [-0.2, -0.15) is 4.94 Å². The van der Waals surface area contributed by atoms with Gasteiger partial charge in [0.05, 0.1) is 6.10 Å². The van der Waals surface area contributed by atoms with Gasteiger partial charge in [0, 0.05) is 12.6 Å². The van der Waals surface area contributed by atoms with Crippen LogP contribution in [0.5, 0.6) is 0 Å². The molecule has 0 radical (unpaired) electrons. The number of halogens is 1. The lowest BCUT2D eigenvalue weighted by molar-refractivity contribution is -0.138. The van der Waals surface area contributed by atoms with E-state index in [4.69, 9.17) is 5.11 Å². The molecule has 0 amide bonds. The SMILES string of the molecule is OC1CNC(COF)C1. The Morgan fingerprint density at radius 2 is 2.56 bits per heavy atom. The smallest absolute Gasteiger partial charge is 0.103 e. The molecule has 9 heavy (non-hydrogen) atoms. The Morgan fingerprint density at radius 1 is 1.78 bits per heavy atom. The van der Waals surface area contributed by atoms with Crippen molar-refractivity contribution in [1.82, 2.24) is 5.32 Å². The summed E-state index contributed by atoms with van der Waals surface area (Å²) in [6.07, 6.45) is 0.259. The van der Waals surface area contributed by atoms with Crippen LogP contribution in [0.1, 0.15) is 6.42 Å². The van der Waals surface area contributed by atoms with Gasteiger partial charge in [-0.25, -0.2) is 0 Å². The highest BCUT2D eigenvalue weighted by atomic mass is 19.3. The molecule has 1 rings (SSSR count). The third-order valence-corrected chi connectivity index (χ3v) is 1.46. The highest BCUT2D eigenvalue weighted by Crippen LogP contribution is 2.05. The maximum atomic E-state index is 11.2. The molecule has 2 atom stereocenters. The summed E-state index contributed by atoms with van der Waals surface area (Å²) in [5.74, 6) is 0. The summed E-state index contributed by atoms with van der Waals surface area (Å²) in [5, 5.41) is 11.8. The van der Waals surface area contributed by atoms with E-state index < -0.39 is 0 Å². The van der Waals surface area contributed by atoms with Gasteiger partial charge in [-0.15, -0.1) is 0 Å². The van der Waals surface area contributed by atoms with Crippen LogP contribution in [0.4, 0.5) is 4.53 Å². The quantitative estimate of drug-likeness (QED) is 0.542. The third kappa shape index (κ3) is 1.89. The minimum Gasteiger partial charge on any atom is -0.392 e. The number of hydrogen-bond acceptors (Lipinski definition) is 3. The average Bonchev–Trinajstić information content (AvgIpc) is 2.17. The predicted octanol–water partition coefficient (Wildman–Crippen LogP) is -0.390. The van der Waals surface area contributed by atoms with Gasteiger partial charge >= 0.3 is 0 Å². The zero-order chi connectivity index (χ0) is 6.69. The van der Waals surface area contributed by atoms with E-state index in [9.17, 15) is 4.53 Å². The number of nitrogens with one attached hydrogen (secondary N) is 1. The minimum absolute atomic E-state index is 0.00926. The number of aliphatic hydroxyl groups excluding tert-OH is 1. The summed E-state index contributed by atoms with van der Waals surface area (Å²) < 4.78 is 11.2. The van der Waals surface area contributed by atoms with Gasteiger partial charge in [-0.1, -0.05) is 0 Å². The van der Waals surface area contributed by atoms with E-state index in [1.54, 1.807) is 0 Å². The predicted molar refractivity (Wildman–Crippen MR) is 29.5 cm³/mol. The second-order valence-corrected chi connectivity index (χ2v) is 2.27. The Bertz CT molecular complexity index is 89.0. The van der Waals surface area contributed by atoms with Crippen LogP contribution < -0.4 is 5.32 Å². The molecule has 3 nitrogen and oxygen atoms in total. The molecule has 0 aromatic heterocycles. The van der Waals surface area contributed by atoms with Gasteiger partial charge in [-0.05, 0) is 10.9 Å². The molecule has 0 bridgehead atoms. The first kappa shape index (κ1) is 6.92. The molecule has 0 spiro atoms. The number of β-amino-alcohol motifs (C(OH)–C–C–N with tert-alkyl or cyclic N) is 1. The van der Waals surface area contributed by atoms with E-state index in [-0.39, 0.29) is 18.8 Å². The molecule has 4 heteroatoms. The monoisotopic (exact) mass is 135 g/mol. The van der Waals surface area contributed by atoms with E-state index in [1.165, 1.54) is 0 Å². The fourth-order valence-electron chi connectivity index (χ4n) is 1.00. The first-order valence-corrected chi connectivity index (χ1v) is 2.98. The Morgan fingerprint density at radius 3 is 3.00 bits per heavy atom. The van der Waals surface area contributed by atoms with E-state index >= 15 is 0 Å². The molecule has 2 N–H and O–H groups in total. The molecule has 1 heterocycles. The molecule has 54 valence electrons. The number of hydrogen-bond donors (Lipinski definition) is 2. The summed E-state index contributed by atoms with van der Waals surface area (Å²) in [4.78, 5) is 3.40. The Hall–Kier alpha value is -0.190. The maximum Gasteiger partial charge on any atom is 0.103 e. The summed E-state index contributed by atoms with van der Waals surface area (Å²) >= 11 is 0. The van der Waals surface area contributed by atoms with Crippen LogP contribution in [0.25, 0.3) is 0 Å². The van der Waals surface area contributed by atoms with Crippen molar-refractivity contribution in [1.29, 1.82) is 0 Å². The highest BCUT2D eigenvalue weighted by molar-refractivity contribution is 4.79. The maximum absolute atomic E-state index is 11.2. The van der Waals surface area contributed by atoms with Crippen LogP contribution in [-0.2, 0) is 4.94 Å². The second-order valence-electron chi connectivity index (χ2n) is 2.27. The van der Waals surface area contributed by atoms with Crippen LogP contribution in [0, 0.1) is 0 Å². The van der Waals surface area contributed by atoms with Gasteiger partial charge in [0.2, 0.25) is 0 Å². The highest BCUT2D eigenvalue weighted by Gasteiger charge is 2.21. The van der Waals surface area contributed by atoms with Crippen molar-refractivity contribution in [3.8, 4) is 0 Å². The topological polar surface area (TPSA) is 41.5 Å². The third-order valence-electron chi connectivity index (χ3n) is 1.46. The van der Waals surface area contributed by atoms with Crippen molar-refractivity contribution in [3.05, 3.63) is 0 Å². The zero-order valence-corrected chi connectivity index (χ0v) is 5.01. The van der Waals surface area contributed by atoms with E-state index in [0.717, 1.165) is 0 Å². The fraction of sp³-hybridized carbons (Fsp3) is 1.00. The summed E-state index contributed by atoms with van der Waals surface area (Å²) in [7, 11) is 0. The molecule has 0 saturated carbocycles. The molecule has 1 saturated heterocycles. The first-order chi connectivity index (χ1) is 4.33. The molecule has 2 unspecified atom stereocenters. The molecule has 0 aliphatic carbocycles. The van der Waals surface area contributed by atoms with Crippen molar-refractivity contribution in [2.45, 2.75) is 18.6 Å². The van der Waals surface area contributed by atoms with Gasteiger partial charge in [0.1, 0.15) is 6.61 Å². The Balaban J connectivity index is 2.14. The minimum atomic E-state index is -0.329. The molecule has 0 aromatic rings. The molecular formula is C5H10FNO2. The van der Waals surface area contributed by atoms with Crippen LogP contribution in [0.15, 0.2) is 0 Å². The molecule has 0 aromatic carbocycles. The van der Waals surface area contributed by atoms with Crippen LogP contribution in [-0.4, -0.2) is 30.4 Å². The van der Waals surface area contributed by atoms with Crippen LogP contribution in [0.3, 0.4) is 0 Å². The molecular weight excluding hydrogens is 125 g/mol. The van der Waals surface area contributed by atoms with Crippen molar-refractivity contribution >= 4 is 0 Å².